The third-order valence-corrected chi connectivity index (χ3v) is 5.30. The van der Waals surface area contributed by atoms with Gasteiger partial charge >= 0.3 is 0 Å². The molecular weight excluding hydrogens is 404 g/mol. The average Bonchev–Trinajstić information content (AvgIpc) is 3.35. The molecule has 0 spiro atoms. The fraction of sp³-hybridized carbons (Fsp3) is 0.320. The molecule has 1 N–H and O–H groups in total. The van der Waals surface area contributed by atoms with Gasteiger partial charge in [0.25, 0.3) is 5.91 Å². The number of nitrogens with zero attached hydrogens (tertiary/aromatic N) is 3. The topological polar surface area (TPSA) is 76.6 Å². The van der Waals surface area contributed by atoms with Crippen LogP contribution in [-0.4, -0.2) is 41.9 Å². The molecule has 1 fully saturated rings. The van der Waals surface area contributed by atoms with Crippen LogP contribution in [0.5, 0.6) is 11.5 Å². The fourth-order valence-corrected chi connectivity index (χ4v) is 3.66. The highest BCUT2D eigenvalue weighted by Crippen LogP contribution is 2.24. The molecule has 1 saturated heterocycles. The monoisotopic (exact) mass is 432 g/mol. The predicted molar refractivity (Wildman–Crippen MR) is 125 cm³/mol. The number of nitrogens with one attached hydrogen (secondary N) is 1. The van der Waals surface area contributed by atoms with Crippen molar-refractivity contribution in [3.8, 4) is 22.8 Å². The zero-order chi connectivity index (χ0) is 22.3. The number of rotatable bonds is 8. The largest absolute Gasteiger partial charge is 0.494 e. The molecule has 4 rings (SSSR count). The number of amides is 1. The van der Waals surface area contributed by atoms with E-state index in [9.17, 15) is 4.79 Å². The van der Waals surface area contributed by atoms with Crippen LogP contribution in [0.2, 0.25) is 0 Å². The lowest BCUT2D eigenvalue weighted by Crippen LogP contribution is -2.30. The molecule has 2 heterocycles. The highest BCUT2D eigenvalue weighted by atomic mass is 16.5. The van der Waals surface area contributed by atoms with Crippen molar-refractivity contribution >= 4 is 17.4 Å². The van der Waals surface area contributed by atoms with Crippen LogP contribution < -0.4 is 19.7 Å². The molecule has 1 aliphatic rings. The number of anilines is 2. The number of aromatic nitrogens is 2. The molecular formula is C25H28N4O3. The normalized spacial score (nSPS) is 14.1. The summed E-state index contributed by atoms with van der Waals surface area (Å²) in [6.07, 6.45) is 1.73. The fourth-order valence-electron chi connectivity index (χ4n) is 3.66. The standard InChI is InChI=1S/C25H28N4O3/c1-3-31-21-10-7-11-22(17-21)32-18(2)25(30)26-20-9-6-8-19(16-20)23-12-13-24(28-27-23)29-14-4-5-15-29/h6-13,16-18H,3-5,14-15H2,1-2H3,(H,26,30). The summed E-state index contributed by atoms with van der Waals surface area (Å²) in [5, 5.41) is 11.7. The van der Waals surface area contributed by atoms with Crippen LogP contribution >= 0.6 is 0 Å². The van der Waals surface area contributed by atoms with E-state index in [0.717, 1.165) is 30.2 Å². The molecule has 1 unspecified atom stereocenters. The molecule has 1 amide bonds. The quantitative estimate of drug-likeness (QED) is 0.563. The number of hydrogen-bond donors (Lipinski definition) is 1. The highest BCUT2D eigenvalue weighted by Gasteiger charge is 2.16. The van der Waals surface area contributed by atoms with Crippen LogP contribution in [0.25, 0.3) is 11.3 Å². The van der Waals surface area contributed by atoms with E-state index in [0.29, 0.717) is 23.8 Å². The van der Waals surface area contributed by atoms with E-state index in [1.165, 1.54) is 12.8 Å². The molecule has 0 aliphatic carbocycles. The van der Waals surface area contributed by atoms with E-state index in [4.69, 9.17) is 9.47 Å². The van der Waals surface area contributed by atoms with Gasteiger partial charge in [-0.15, -0.1) is 10.2 Å². The molecule has 0 saturated carbocycles. The van der Waals surface area contributed by atoms with Gasteiger partial charge in [0.2, 0.25) is 0 Å². The van der Waals surface area contributed by atoms with Crippen molar-refractivity contribution in [2.24, 2.45) is 0 Å². The summed E-state index contributed by atoms with van der Waals surface area (Å²) in [5.74, 6) is 1.97. The molecule has 1 atom stereocenters. The third-order valence-electron chi connectivity index (χ3n) is 5.30. The minimum atomic E-state index is -0.671. The Morgan fingerprint density at radius 3 is 2.56 bits per heavy atom. The first-order chi connectivity index (χ1) is 15.6. The Labute approximate surface area is 188 Å². The Morgan fingerprint density at radius 2 is 1.81 bits per heavy atom. The SMILES string of the molecule is CCOc1cccc(OC(C)C(=O)Nc2cccc(-c3ccc(N4CCCC4)nn3)c2)c1. The number of carbonyl (C=O) groups is 1. The second-order valence-electron chi connectivity index (χ2n) is 7.71. The molecule has 7 nitrogen and oxygen atoms in total. The van der Waals surface area contributed by atoms with Gasteiger partial charge in [-0.05, 0) is 63.1 Å². The van der Waals surface area contributed by atoms with Crippen molar-refractivity contribution in [1.82, 2.24) is 10.2 Å². The summed E-state index contributed by atoms with van der Waals surface area (Å²) in [6.45, 7) is 6.28. The van der Waals surface area contributed by atoms with Gasteiger partial charge in [0, 0.05) is 30.4 Å². The zero-order valence-corrected chi connectivity index (χ0v) is 18.5. The van der Waals surface area contributed by atoms with E-state index in [-0.39, 0.29) is 5.91 Å². The molecule has 32 heavy (non-hydrogen) atoms. The van der Waals surface area contributed by atoms with Gasteiger partial charge in [0.15, 0.2) is 11.9 Å². The first-order valence-corrected chi connectivity index (χ1v) is 11.0. The van der Waals surface area contributed by atoms with E-state index < -0.39 is 6.10 Å². The van der Waals surface area contributed by atoms with Crippen LogP contribution in [0.1, 0.15) is 26.7 Å². The number of hydrogen-bond acceptors (Lipinski definition) is 6. The Bertz CT molecular complexity index is 1050. The maximum atomic E-state index is 12.7. The summed E-state index contributed by atoms with van der Waals surface area (Å²) in [6, 6.07) is 18.8. The lowest BCUT2D eigenvalue weighted by Gasteiger charge is -2.16. The van der Waals surface area contributed by atoms with Gasteiger partial charge in [-0.3, -0.25) is 4.79 Å². The van der Waals surface area contributed by atoms with Gasteiger partial charge in [-0.2, -0.15) is 0 Å². The lowest BCUT2D eigenvalue weighted by molar-refractivity contribution is -0.122. The molecule has 166 valence electrons. The summed E-state index contributed by atoms with van der Waals surface area (Å²) in [7, 11) is 0. The maximum Gasteiger partial charge on any atom is 0.265 e. The molecule has 2 aromatic carbocycles. The zero-order valence-electron chi connectivity index (χ0n) is 18.5. The first kappa shape index (κ1) is 21.6. The van der Waals surface area contributed by atoms with E-state index in [1.807, 2.05) is 55.5 Å². The maximum absolute atomic E-state index is 12.7. The minimum Gasteiger partial charge on any atom is -0.494 e. The summed E-state index contributed by atoms with van der Waals surface area (Å²) in [4.78, 5) is 14.9. The molecule has 0 radical (unpaired) electrons. The second kappa shape index (κ2) is 10.1. The predicted octanol–water partition coefficient (Wildman–Crippen LogP) is 4.55. The summed E-state index contributed by atoms with van der Waals surface area (Å²) < 4.78 is 11.3. The van der Waals surface area contributed by atoms with Crippen molar-refractivity contribution in [2.75, 3.05) is 29.9 Å². The van der Waals surface area contributed by atoms with Crippen LogP contribution in [0.3, 0.4) is 0 Å². The molecule has 7 heteroatoms. The van der Waals surface area contributed by atoms with Gasteiger partial charge in [0.1, 0.15) is 11.5 Å². The lowest BCUT2D eigenvalue weighted by atomic mass is 10.1. The Hall–Kier alpha value is -3.61. The van der Waals surface area contributed by atoms with Crippen LogP contribution in [-0.2, 0) is 4.79 Å². The Kier molecular flexibility index (Phi) is 6.84. The first-order valence-electron chi connectivity index (χ1n) is 11.0. The van der Waals surface area contributed by atoms with Crippen molar-refractivity contribution in [2.45, 2.75) is 32.8 Å². The average molecular weight is 433 g/mol. The molecule has 1 aliphatic heterocycles. The van der Waals surface area contributed by atoms with Crippen LogP contribution in [0.4, 0.5) is 11.5 Å². The van der Waals surface area contributed by atoms with Crippen molar-refractivity contribution in [1.29, 1.82) is 0 Å². The van der Waals surface area contributed by atoms with Gasteiger partial charge in [-0.25, -0.2) is 0 Å². The van der Waals surface area contributed by atoms with Crippen LogP contribution in [0.15, 0.2) is 60.7 Å². The van der Waals surface area contributed by atoms with Crippen molar-refractivity contribution in [3.63, 3.8) is 0 Å². The van der Waals surface area contributed by atoms with E-state index in [2.05, 4.69) is 20.4 Å². The van der Waals surface area contributed by atoms with E-state index >= 15 is 0 Å². The van der Waals surface area contributed by atoms with Crippen molar-refractivity contribution in [3.05, 3.63) is 60.7 Å². The number of benzene rings is 2. The highest BCUT2D eigenvalue weighted by molar-refractivity contribution is 5.94. The number of ether oxygens (including phenoxy) is 2. The minimum absolute atomic E-state index is 0.237. The Morgan fingerprint density at radius 1 is 1.03 bits per heavy atom. The number of carbonyl (C=O) groups excluding carboxylic acids is 1. The van der Waals surface area contributed by atoms with Gasteiger partial charge in [0.05, 0.1) is 12.3 Å². The van der Waals surface area contributed by atoms with Gasteiger partial charge < -0.3 is 19.7 Å². The molecule has 0 bridgehead atoms. The Balaban J connectivity index is 1.39. The molecule has 3 aromatic rings. The summed E-state index contributed by atoms with van der Waals surface area (Å²) in [5.41, 5.74) is 2.33. The van der Waals surface area contributed by atoms with Crippen molar-refractivity contribution < 1.29 is 14.3 Å². The van der Waals surface area contributed by atoms with Gasteiger partial charge in [-0.1, -0.05) is 18.2 Å². The third kappa shape index (κ3) is 5.35. The second-order valence-corrected chi connectivity index (χ2v) is 7.71. The smallest absolute Gasteiger partial charge is 0.265 e. The molecule has 1 aromatic heterocycles. The summed E-state index contributed by atoms with van der Waals surface area (Å²) >= 11 is 0. The van der Waals surface area contributed by atoms with E-state index in [1.54, 1.807) is 19.1 Å². The van der Waals surface area contributed by atoms with Crippen LogP contribution in [0, 0.1) is 0 Å².